The van der Waals surface area contributed by atoms with Gasteiger partial charge in [0.05, 0.1) is 6.10 Å². The third kappa shape index (κ3) is 2.50. The fourth-order valence-electron chi connectivity index (χ4n) is 2.45. The van der Waals surface area contributed by atoms with Gasteiger partial charge < -0.3 is 15.8 Å². The molecule has 1 aliphatic carbocycles. The summed E-state index contributed by atoms with van der Waals surface area (Å²) in [6.45, 7) is 7.33. The van der Waals surface area contributed by atoms with Crippen molar-refractivity contribution in [2.45, 2.75) is 39.3 Å². The molecule has 1 aromatic carbocycles. The lowest BCUT2D eigenvalue weighted by molar-refractivity contribution is -0.0976. The number of nitrogens with one attached hydrogen (secondary N) is 1. The highest BCUT2D eigenvalue weighted by molar-refractivity contribution is 9.10. The highest BCUT2D eigenvalue weighted by Crippen LogP contribution is 2.45. The first kappa shape index (κ1) is 13.7. The second kappa shape index (κ2) is 5.10. The molecule has 0 aliphatic heterocycles. The minimum absolute atomic E-state index is 0.164. The molecular formula is C14H21BrN2O. The van der Waals surface area contributed by atoms with Crippen LogP contribution in [0.1, 0.15) is 27.2 Å². The Morgan fingerprint density at radius 2 is 2.22 bits per heavy atom. The monoisotopic (exact) mass is 312 g/mol. The number of nitrogens with two attached hydrogens (primary N) is 1. The summed E-state index contributed by atoms with van der Waals surface area (Å²) in [6, 6.07) is 6.30. The van der Waals surface area contributed by atoms with Crippen LogP contribution in [0, 0.1) is 5.41 Å². The lowest BCUT2D eigenvalue weighted by atomic mass is 9.64. The van der Waals surface area contributed by atoms with Gasteiger partial charge in [0.15, 0.2) is 0 Å². The summed E-state index contributed by atoms with van der Waals surface area (Å²) < 4.78 is 6.75. The third-order valence-corrected chi connectivity index (χ3v) is 4.52. The third-order valence-electron chi connectivity index (χ3n) is 3.87. The Morgan fingerprint density at radius 1 is 1.50 bits per heavy atom. The van der Waals surface area contributed by atoms with E-state index in [-0.39, 0.29) is 5.41 Å². The van der Waals surface area contributed by atoms with Crippen molar-refractivity contribution in [1.82, 2.24) is 0 Å². The molecule has 1 saturated carbocycles. The molecule has 0 aromatic heterocycles. The number of ether oxygens (including phenoxy) is 1. The van der Waals surface area contributed by atoms with Gasteiger partial charge in [-0.2, -0.15) is 0 Å². The van der Waals surface area contributed by atoms with E-state index < -0.39 is 0 Å². The first-order valence-electron chi connectivity index (χ1n) is 6.38. The highest BCUT2D eigenvalue weighted by Gasteiger charge is 2.48. The standard InChI is InChI=1S/C14H21BrN2O/c1-4-18-13-8-12(14(13,2)3)17-11-6-5-9(16)7-10(11)15/h5-7,12-13,17H,4,8,16H2,1-3H3. The summed E-state index contributed by atoms with van der Waals surface area (Å²) in [7, 11) is 0. The van der Waals surface area contributed by atoms with Crippen LogP contribution in [0.3, 0.4) is 0 Å². The average Bonchev–Trinajstić information content (AvgIpc) is 2.30. The van der Waals surface area contributed by atoms with E-state index in [2.05, 4.69) is 35.1 Å². The molecule has 2 unspecified atom stereocenters. The fraction of sp³-hybridized carbons (Fsp3) is 0.571. The Balaban J connectivity index is 2.03. The molecule has 100 valence electrons. The second-order valence-corrected chi connectivity index (χ2v) is 6.29. The van der Waals surface area contributed by atoms with Crippen LogP contribution in [0.5, 0.6) is 0 Å². The minimum Gasteiger partial charge on any atom is -0.399 e. The highest BCUT2D eigenvalue weighted by atomic mass is 79.9. The Labute approximate surface area is 117 Å². The number of halogens is 1. The average molecular weight is 313 g/mol. The van der Waals surface area contributed by atoms with E-state index in [4.69, 9.17) is 10.5 Å². The van der Waals surface area contributed by atoms with Crippen molar-refractivity contribution >= 4 is 27.3 Å². The SMILES string of the molecule is CCOC1CC(Nc2ccc(N)cc2Br)C1(C)C. The molecule has 0 amide bonds. The van der Waals surface area contributed by atoms with Crippen LogP contribution in [0.25, 0.3) is 0 Å². The van der Waals surface area contributed by atoms with Gasteiger partial charge in [0, 0.05) is 33.9 Å². The van der Waals surface area contributed by atoms with E-state index in [9.17, 15) is 0 Å². The molecule has 2 rings (SSSR count). The van der Waals surface area contributed by atoms with Crippen molar-refractivity contribution in [2.75, 3.05) is 17.7 Å². The lowest BCUT2D eigenvalue weighted by Gasteiger charge is -2.52. The first-order valence-corrected chi connectivity index (χ1v) is 7.17. The van der Waals surface area contributed by atoms with Crippen molar-refractivity contribution in [3.63, 3.8) is 0 Å². The van der Waals surface area contributed by atoms with Gasteiger partial charge in [-0.3, -0.25) is 0 Å². The Hall–Kier alpha value is -0.740. The van der Waals surface area contributed by atoms with E-state index >= 15 is 0 Å². The van der Waals surface area contributed by atoms with Gasteiger partial charge in [-0.05, 0) is 47.5 Å². The molecule has 18 heavy (non-hydrogen) atoms. The number of anilines is 2. The van der Waals surface area contributed by atoms with Gasteiger partial charge in [0.2, 0.25) is 0 Å². The summed E-state index contributed by atoms with van der Waals surface area (Å²) in [5, 5.41) is 3.57. The largest absolute Gasteiger partial charge is 0.399 e. The lowest BCUT2D eigenvalue weighted by Crippen LogP contribution is -2.58. The predicted molar refractivity (Wildman–Crippen MR) is 79.8 cm³/mol. The quantitative estimate of drug-likeness (QED) is 0.834. The maximum atomic E-state index is 5.74. The number of rotatable bonds is 4. The molecule has 1 aliphatic rings. The van der Waals surface area contributed by atoms with Gasteiger partial charge >= 0.3 is 0 Å². The molecule has 0 bridgehead atoms. The van der Waals surface area contributed by atoms with Crippen LogP contribution in [0.2, 0.25) is 0 Å². The molecular weight excluding hydrogens is 292 g/mol. The Morgan fingerprint density at radius 3 is 2.78 bits per heavy atom. The van der Waals surface area contributed by atoms with E-state index in [0.29, 0.717) is 12.1 Å². The Bertz CT molecular complexity index is 434. The Kier molecular flexibility index (Phi) is 3.87. The number of hydrogen-bond donors (Lipinski definition) is 2. The van der Waals surface area contributed by atoms with Gasteiger partial charge in [-0.25, -0.2) is 0 Å². The topological polar surface area (TPSA) is 47.3 Å². The molecule has 0 radical (unpaired) electrons. The number of nitrogen functional groups attached to an aromatic ring is 1. The summed E-state index contributed by atoms with van der Waals surface area (Å²) in [5.74, 6) is 0. The molecule has 1 fully saturated rings. The zero-order valence-electron chi connectivity index (χ0n) is 11.2. The van der Waals surface area contributed by atoms with Gasteiger partial charge in [0.25, 0.3) is 0 Å². The summed E-state index contributed by atoms with van der Waals surface area (Å²) >= 11 is 3.54. The molecule has 2 atom stereocenters. The summed E-state index contributed by atoms with van der Waals surface area (Å²) in [5.41, 5.74) is 7.77. The molecule has 3 N–H and O–H groups in total. The normalized spacial score (nSPS) is 25.6. The fourth-order valence-corrected chi connectivity index (χ4v) is 2.96. The zero-order chi connectivity index (χ0) is 13.3. The van der Waals surface area contributed by atoms with Gasteiger partial charge in [0.1, 0.15) is 0 Å². The van der Waals surface area contributed by atoms with Crippen LogP contribution >= 0.6 is 15.9 Å². The van der Waals surface area contributed by atoms with Crippen molar-refractivity contribution in [2.24, 2.45) is 5.41 Å². The van der Waals surface area contributed by atoms with Crippen molar-refractivity contribution in [1.29, 1.82) is 0 Å². The van der Waals surface area contributed by atoms with E-state index in [1.54, 1.807) is 0 Å². The van der Waals surface area contributed by atoms with Crippen molar-refractivity contribution in [3.05, 3.63) is 22.7 Å². The minimum atomic E-state index is 0.164. The number of benzene rings is 1. The van der Waals surface area contributed by atoms with Crippen molar-refractivity contribution < 1.29 is 4.74 Å². The summed E-state index contributed by atoms with van der Waals surface area (Å²) in [6.07, 6.45) is 1.41. The van der Waals surface area contributed by atoms with Gasteiger partial charge in [-0.1, -0.05) is 13.8 Å². The molecule has 3 nitrogen and oxygen atoms in total. The molecule has 1 aromatic rings. The predicted octanol–water partition coefficient (Wildman–Crippen LogP) is 3.65. The van der Waals surface area contributed by atoms with E-state index in [1.165, 1.54) is 0 Å². The van der Waals surface area contributed by atoms with Crippen LogP contribution in [0.15, 0.2) is 22.7 Å². The van der Waals surface area contributed by atoms with Gasteiger partial charge in [-0.15, -0.1) is 0 Å². The van der Waals surface area contributed by atoms with Crippen LogP contribution < -0.4 is 11.1 Å². The van der Waals surface area contributed by atoms with Crippen LogP contribution in [-0.2, 0) is 4.74 Å². The van der Waals surface area contributed by atoms with Crippen molar-refractivity contribution in [3.8, 4) is 0 Å². The zero-order valence-corrected chi connectivity index (χ0v) is 12.8. The number of hydrogen-bond acceptors (Lipinski definition) is 3. The maximum Gasteiger partial charge on any atom is 0.0665 e. The summed E-state index contributed by atoms with van der Waals surface area (Å²) in [4.78, 5) is 0. The maximum absolute atomic E-state index is 5.74. The molecule has 0 saturated heterocycles. The second-order valence-electron chi connectivity index (χ2n) is 5.44. The first-order chi connectivity index (χ1) is 8.45. The van der Waals surface area contributed by atoms with Crippen LogP contribution in [-0.4, -0.2) is 18.8 Å². The van der Waals surface area contributed by atoms with E-state index in [1.807, 2.05) is 25.1 Å². The molecule has 0 spiro atoms. The van der Waals surface area contributed by atoms with Crippen LogP contribution in [0.4, 0.5) is 11.4 Å². The smallest absolute Gasteiger partial charge is 0.0665 e. The van der Waals surface area contributed by atoms with E-state index in [0.717, 1.165) is 28.9 Å². The molecule has 4 heteroatoms. The molecule has 0 heterocycles.